The molecule has 0 aliphatic rings. The maximum Gasteiger partial charge on any atom is 0.305 e. The number of carbonyl (C=O) groups is 2. The second-order valence-corrected chi connectivity index (χ2v) is 3.87. The normalized spacial score (nSPS) is 11.8. The van der Waals surface area contributed by atoms with E-state index in [-0.39, 0.29) is 18.1 Å². The number of nitrogens with one attached hydrogen (secondary N) is 1. The van der Waals surface area contributed by atoms with Gasteiger partial charge in [-0.15, -0.1) is 0 Å². The largest absolute Gasteiger partial charge is 0.508 e. The highest BCUT2D eigenvalue weighted by Gasteiger charge is 2.14. The van der Waals surface area contributed by atoms with Crippen LogP contribution in [-0.2, 0) is 16.0 Å². The lowest BCUT2D eigenvalue weighted by atomic mass is 10.0. The number of rotatable bonds is 5. The zero-order chi connectivity index (χ0) is 12.8. The molecule has 1 aromatic carbocycles. The maximum absolute atomic E-state index is 10.9. The predicted molar refractivity (Wildman–Crippen MR) is 61.7 cm³/mol. The van der Waals surface area contributed by atoms with E-state index in [1.807, 2.05) is 0 Å². The zero-order valence-corrected chi connectivity index (χ0v) is 9.51. The van der Waals surface area contributed by atoms with E-state index in [0.29, 0.717) is 6.42 Å². The highest BCUT2D eigenvalue weighted by molar-refractivity contribution is 5.75. The minimum atomic E-state index is -0.956. The second kappa shape index (κ2) is 5.89. The molecule has 0 aromatic heterocycles. The lowest BCUT2D eigenvalue weighted by molar-refractivity contribution is -0.137. The second-order valence-electron chi connectivity index (χ2n) is 3.87. The molecule has 5 nitrogen and oxygen atoms in total. The predicted octanol–water partition coefficient (Wildman–Crippen LogP) is 0.914. The summed E-state index contributed by atoms with van der Waals surface area (Å²) in [6.07, 6.45) is 0.298. The fraction of sp³-hybridized carbons (Fsp3) is 0.333. The smallest absolute Gasteiger partial charge is 0.305 e. The number of hydrogen-bond acceptors (Lipinski definition) is 3. The van der Waals surface area contributed by atoms with E-state index < -0.39 is 12.0 Å². The Morgan fingerprint density at radius 3 is 2.35 bits per heavy atom. The van der Waals surface area contributed by atoms with Gasteiger partial charge < -0.3 is 15.5 Å². The average molecular weight is 237 g/mol. The SMILES string of the molecule is CC(=O)NC(CC(=O)O)Cc1ccc(O)cc1. The molecule has 92 valence electrons. The van der Waals surface area contributed by atoms with Gasteiger partial charge >= 0.3 is 5.97 Å². The first-order chi connectivity index (χ1) is 7.97. The molecule has 3 N–H and O–H groups in total. The number of carbonyl (C=O) groups excluding carboxylic acids is 1. The van der Waals surface area contributed by atoms with E-state index >= 15 is 0 Å². The molecule has 1 atom stereocenters. The third-order valence-corrected chi connectivity index (χ3v) is 2.25. The molecule has 0 saturated heterocycles. The van der Waals surface area contributed by atoms with Crippen LogP contribution in [0.5, 0.6) is 5.75 Å². The van der Waals surface area contributed by atoms with Crippen LogP contribution in [0.4, 0.5) is 0 Å². The number of carboxylic acids is 1. The molecule has 5 heteroatoms. The van der Waals surface area contributed by atoms with Crippen LogP contribution in [0.15, 0.2) is 24.3 Å². The van der Waals surface area contributed by atoms with Crippen molar-refractivity contribution in [3.8, 4) is 5.75 Å². The van der Waals surface area contributed by atoms with E-state index in [9.17, 15) is 9.59 Å². The van der Waals surface area contributed by atoms with Crippen molar-refractivity contribution in [1.82, 2.24) is 5.32 Å². The number of aliphatic carboxylic acids is 1. The third-order valence-electron chi connectivity index (χ3n) is 2.25. The van der Waals surface area contributed by atoms with Gasteiger partial charge in [-0.25, -0.2) is 0 Å². The van der Waals surface area contributed by atoms with Crippen LogP contribution in [-0.4, -0.2) is 28.1 Å². The number of benzene rings is 1. The first kappa shape index (κ1) is 13.0. The van der Waals surface area contributed by atoms with Gasteiger partial charge in [0.15, 0.2) is 0 Å². The van der Waals surface area contributed by atoms with Crippen LogP contribution in [0.3, 0.4) is 0 Å². The summed E-state index contributed by atoms with van der Waals surface area (Å²) in [5.74, 6) is -1.05. The number of hydrogen-bond donors (Lipinski definition) is 3. The molecule has 0 aliphatic carbocycles. The lowest BCUT2D eigenvalue weighted by Crippen LogP contribution is -2.36. The third kappa shape index (κ3) is 5.01. The summed E-state index contributed by atoms with van der Waals surface area (Å²) >= 11 is 0. The van der Waals surface area contributed by atoms with Crippen LogP contribution in [0, 0.1) is 0 Å². The standard InChI is InChI=1S/C12H15NO4/c1-8(14)13-10(7-12(16)17)6-9-2-4-11(15)5-3-9/h2-5,10,15H,6-7H2,1H3,(H,13,14)(H,16,17). The summed E-state index contributed by atoms with van der Waals surface area (Å²) in [6, 6.07) is 6.02. The fourth-order valence-electron chi connectivity index (χ4n) is 1.59. The Balaban J connectivity index is 2.67. The topological polar surface area (TPSA) is 86.6 Å². The van der Waals surface area contributed by atoms with Crippen LogP contribution >= 0.6 is 0 Å². The van der Waals surface area contributed by atoms with Crippen molar-refractivity contribution in [1.29, 1.82) is 0 Å². The Kier molecular flexibility index (Phi) is 4.51. The van der Waals surface area contributed by atoms with Crippen molar-refractivity contribution >= 4 is 11.9 Å². The molecule has 1 unspecified atom stereocenters. The first-order valence-electron chi connectivity index (χ1n) is 5.24. The average Bonchev–Trinajstić information content (AvgIpc) is 2.19. The van der Waals surface area contributed by atoms with E-state index in [4.69, 9.17) is 10.2 Å². The van der Waals surface area contributed by atoms with Crippen LogP contribution in [0.1, 0.15) is 18.9 Å². The lowest BCUT2D eigenvalue weighted by Gasteiger charge is -2.15. The molecule has 0 heterocycles. The van der Waals surface area contributed by atoms with E-state index in [1.54, 1.807) is 12.1 Å². The number of phenols is 1. The molecule has 1 amide bonds. The molecule has 17 heavy (non-hydrogen) atoms. The zero-order valence-electron chi connectivity index (χ0n) is 9.51. The van der Waals surface area contributed by atoms with Gasteiger partial charge in [-0.2, -0.15) is 0 Å². The highest BCUT2D eigenvalue weighted by Crippen LogP contribution is 2.12. The Morgan fingerprint density at radius 2 is 1.88 bits per heavy atom. The Hall–Kier alpha value is -2.04. The Morgan fingerprint density at radius 1 is 1.29 bits per heavy atom. The summed E-state index contributed by atoms with van der Waals surface area (Å²) in [4.78, 5) is 21.6. The Bertz CT molecular complexity index is 383. The van der Waals surface area contributed by atoms with E-state index in [0.717, 1.165) is 5.56 Å². The number of aromatic hydroxyl groups is 1. The van der Waals surface area contributed by atoms with Gasteiger partial charge in [0.2, 0.25) is 5.91 Å². The van der Waals surface area contributed by atoms with Crippen LogP contribution in [0.2, 0.25) is 0 Å². The molecule has 0 fully saturated rings. The van der Waals surface area contributed by atoms with Gasteiger partial charge in [-0.3, -0.25) is 9.59 Å². The quantitative estimate of drug-likeness (QED) is 0.710. The highest BCUT2D eigenvalue weighted by atomic mass is 16.4. The summed E-state index contributed by atoms with van der Waals surface area (Å²) in [6.45, 7) is 1.35. The van der Waals surface area contributed by atoms with Crippen molar-refractivity contribution < 1.29 is 19.8 Å². The van der Waals surface area contributed by atoms with E-state index in [1.165, 1.54) is 19.1 Å². The molecule has 0 spiro atoms. The van der Waals surface area contributed by atoms with Gasteiger partial charge in [0.25, 0.3) is 0 Å². The van der Waals surface area contributed by atoms with Crippen LogP contribution in [0.25, 0.3) is 0 Å². The van der Waals surface area contributed by atoms with Gasteiger partial charge in [0.05, 0.1) is 6.42 Å². The van der Waals surface area contributed by atoms with Gasteiger partial charge in [-0.05, 0) is 24.1 Å². The summed E-state index contributed by atoms with van der Waals surface area (Å²) in [5, 5.41) is 20.4. The number of amides is 1. The van der Waals surface area contributed by atoms with Crippen molar-refractivity contribution in [2.45, 2.75) is 25.8 Å². The van der Waals surface area contributed by atoms with Gasteiger partial charge in [0.1, 0.15) is 5.75 Å². The van der Waals surface area contributed by atoms with Crippen molar-refractivity contribution in [3.63, 3.8) is 0 Å². The summed E-state index contributed by atoms with van der Waals surface area (Å²) < 4.78 is 0. The van der Waals surface area contributed by atoms with Crippen molar-refractivity contribution in [2.24, 2.45) is 0 Å². The van der Waals surface area contributed by atoms with Crippen molar-refractivity contribution in [3.05, 3.63) is 29.8 Å². The molecule has 0 aliphatic heterocycles. The van der Waals surface area contributed by atoms with E-state index in [2.05, 4.69) is 5.32 Å². The molecule has 0 radical (unpaired) electrons. The summed E-state index contributed by atoms with van der Waals surface area (Å²) in [5.41, 5.74) is 0.864. The molecular weight excluding hydrogens is 222 g/mol. The number of phenolic OH excluding ortho intramolecular Hbond substituents is 1. The molecular formula is C12H15NO4. The molecule has 0 saturated carbocycles. The van der Waals surface area contributed by atoms with Crippen LogP contribution < -0.4 is 5.32 Å². The molecule has 1 aromatic rings. The monoisotopic (exact) mass is 237 g/mol. The maximum atomic E-state index is 10.9. The van der Waals surface area contributed by atoms with Crippen molar-refractivity contribution in [2.75, 3.05) is 0 Å². The summed E-state index contributed by atoms with van der Waals surface area (Å²) in [7, 11) is 0. The molecule has 0 bridgehead atoms. The Labute approximate surface area is 99.1 Å². The number of carboxylic acid groups (broad SMARTS) is 1. The minimum absolute atomic E-state index is 0.125. The van der Waals surface area contributed by atoms with Gasteiger partial charge in [0, 0.05) is 13.0 Å². The minimum Gasteiger partial charge on any atom is -0.508 e. The van der Waals surface area contributed by atoms with Gasteiger partial charge in [-0.1, -0.05) is 12.1 Å². The molecule has 1 rings (SSSR count). The fourth-order valence-corrected chi connectivity index (χ4v) is 1.59. The first-order valence-corrected chi connectivity index (χ1v) is 5.24.